The van der Waals surface area contributed by atoms with Gasteiger partial charge in [0, 0.05) is 51.5 Å². The van der Waals surface area contributed by atoms with Gasteiger partial charge in [0.15, 0.2) is 11.6 Å². The Kier molecular flexibility index (Phi) is 9.59. The van der Waals surface area contributed by atoms with E-state index in [0.29, 0.717) is 44.9 Å². The van der Waals surface area contributed by atoms with E-state index in [0.717, 1.165) is 43.3 Å². The van der Waals surface area contributed by atoms with Crippen molar-refractivity contribution in [3.05, 3.63) is 24.3 Å². The van der Waals surface area contributed by atoms with Crippen LogP contribution in [0.1, 0.15) is 97.3 Å². The Bertz CT molecular complexity index is 1410. The number of carbonyl (C=O) groups is 1. The van der Waals surface area contributed by atoms with E-state index in [9.17, 15) is 15.0 Å². The van der Waals surface area contributed by atoms with Crippen LogP contribution in [-0.4, -0.2) is 120 Å². The third-order valence-electron chi connectivity index (χ3n) is 14.3. The maximum absolute atomic E-state index is 14.0. The van der Waals surface area contributed by atoms with Crippen molar-refractivity contribution in [2.45, 2.75) is 194 Å². The highest BCUT2D eigenvalue weighted by atomic mass is 16.8. The van der Waals surface area contributed by atoms with E-state index in [1.165, 1.54) is 0 Å². The van der Waals surface area contributed by atoms with Crippen LogP contribution in [0.15, 0.2) is 24.3 Å². The van der Waals surface area contributed by atoms with E-state index in [1.54, 1.807) is 0 Å². The number of fused-ring (bicyclic) bond motifs is 6. The first-order valence-corrected chi connectivity index (χ1v) is 20.2. The van der Waals surface area contributed by atoms with Gasteiger partial charge in [0.1, 0.15) is 36.3 Å². The lowest BCUT2D eigenvalue weighted by Crippen LogP contribution is -2.68. The lowest BCUT2D eigenvalue weighted by molar-refractivity contribution is -0.376. The topological polar surface area (TPSA) is 157 Å². The summed E-state index contributed by atoms with van der Waals surface area (Å²) >= 11 is 0. The molecule has 12 bridgehead atoms. The van der Waals surface area contributed by atoms with Crippen molar-refractivity contribution in [1.82, 2.24) is 0 Å². The molecule has 12 heteroatoms. The first kappa shape index (κ1) is 36.4. The second-order valence-corrected chi connectivity index (χ2v) is 17.8. The summed E-state index contributed by atoms with van der Waals surface area (Å²) in [4.78, 5) is 14.0. The van der Waals surface area contributed by atoms with E-state index in [2.05, 4.69) is 27.0 Å². The maximum atomic E-state index is 14.0. The van der Waals surface area contributed by atoms with E-state index in [4.69, 9.17) is 43.6 Å². The van der Waals surface area contributed by atoms with Crippen LogP contribution in [0.25, 0.3) is 0 Å². The molecule has 1 spiro atoms. The largest absolute Gasteiger partial charge is 0.392 e. The third-order valence-corrected chi connectivity index (χ3v) is 14.3. The van der Waals surface area contributed by atoms with Crippen molar-refractivity contribution in [2.75, 3.05) is 6.54 Å². The molecule has 0 radical (unpaired) electrons. The minimum Gasteiger partial charge on any atom is -0.392 e. The lowest BCUT2D eigenvalue weighted by Gasteiger charge is -2.51. The number of carbonyl (C=O) groups excluding carboxylic acids is 1. The average molecular weight is 730 g/mol. The van der Waals surface area contributed by atoms with Crippen LogP contribution in [0.2, 0.25) is 0 Å². The minimum atomic E-state index is -1.56. The molecule has 10 aliphatic heterocycles. The molecule has 0 aliphatic carbocycles. The highest BCUT2D eigenvalue weighted by Crippen LogP contribution is 2.56. The molecule has 290 valence electrons. The predicted molar refractivity (Wildman–Crippen MR) is 186 cm³/mol. The summed E-state index contributed by atoms with van der Waals surface area (Å²) in [5.41, 5.74) is 7.99. The van der Waals surface area contributed by atoms with E-state index < -0.39 is 48.2 Å². The third kappa shape index (κ3) is 6.39. The molecule has 0 saturated carbocycles. The standard InChI is InChI=1S/C40H59NO11/c1-19-11-25-5-6-29-20(2)12-26(45-29)7-9-39-17-33-34(50-39)36-35(49-33)37(51-39)38-40(44,52-36)10-8-27(47-38)13-23(42)14-28-22(4)30(15-24(43)18-41)48-32(28)16-31(46-25)21(19)3/h19,22,24-38,43-44H,2-3,5-18,41H2,1,4H3/t19-,22-,24+,25+,26+,27?,28-,29?,30-,31?,32+,33-,34+,35-,36+,37-,38-,39?,40+/m1/s1. The Labute approximate surface area is 307 Å². The molecule has 19 atom stereocenters. The van der Waals surface area contributed by atoms with Gasteiger partial charge < -0.3 is 53.8 Å². The van der Waals surface area contributed by atoms with Crippen molar-refractivity contribution in [3.63, 3.8) is 0 Å². The molecule has 0 aromatic carbocycles. The highest BCUT2D eigenvalue weighted by molar-refractivity contribution is 5.79. The molecule has 0 aromatic rings. The van der Waals surface area contributed by atoms with Crippen LogP contribution < -0.4 is 5.73 Å². The number of aliphatic hydroxyl groups excluding tert-OH is 1. The molecule has 10 fully saturated rings. The molecule has 12 nitrogen and oxygen atoms in total. The number of ketones is 1. The molecule has 10 aliphatic rings. The Balaban J connectivity index is 0.997. The van der Waals surface area contributed by atoms with Gasteiger partial charge in [-0.05, 0) is 67.4 Å². The Morgan fingerprint density at radius 1 is 0.808 bits per heavy atom. The highest BCUT2D eigenvalue weighted by Gasteiger charge is 2.71. The van der Waals surface area contributed by atoms with Gasteiger partial charge in [-0.25, -0.2) is 0 Å². The molecular weight excluding hydrogens is 670 g/mol. The van der Waals surface area contributed by atoms with Gasteiger partial charge in [-0.3, -0.25) is 4.79 Å². The van der Waals surface area contributed by atoms with Crippen LogP contribution >= 0.6 is 0 Å². The number of nitrogens with two attached hydrogens (primary N) is 1. The van der Waals surface area contributed by atoms with Crippen LogP contribution in [0, 0.1) is 17.8 Å². The predicted octanol–water partition coefficient (Wildman–Crippen LogP) is 3.38. The average Bonchev–Trinajstić information content (AvgIpc) is 3.77. The summed E-state index contributed by atoms with van der Waals surface area (Å²) in [6.45, 7) is 13.4. The fourth-order valence-corrected chi connectivity index (χ4v) is 11.3. The molecule has 52 heavy (non-hydrogen) atoms. The Morgan fingerprint density at radius 2 is 1.58 bits per heavy atom. The van der Waals surface area contributed by atoms with Crippen molar-refractivity contribution in [3.8, 4) is 0 Å². The van der Waals surface area contributed by atoms with Crippen molar-refractivity contribution < 1.29 is 52.9 Å². The first-order chi connectivity index (χ1) is 24.9. The van der Waals surface area contributed by atoms with Crippen molar-refractivity contribution in [2.24, 2.45) is 23.5 Å². The van der Waals surface area contributed by atoms with Gasteiger partial charge in [-0.1, -0.05) is 27.0 Å². The van der Waals surface area contributed by atoms with Gasteiger partial charge >= 0.3 is 0 Å². The van der Waals surface area contributed by atoms with Crippen LogP contribution in [0.5, 0.6) is 0 Å². The van der Waals surface area contributed by atoms with Gasteiger partial charge in [0.25, 0.3) is 0 Å². The number of aliphatic hydroxyl groups is 2. The molecule has 4 N–H and O–H groups in total. The normalized spacial score (nSPS) is 53.8. The van der Waals surface area contributed by atoms with Crippen molar-refractivity contribution >= 4 is 5.78 Å². The van der Waals surface area contributed by atoms with Gasteiger partial charge in [-0.2, -0.15) is 0 Å². The van der Waals surface area contributed by atoms with E-state index in [-0.39, 0.29) is 85.3 Å². The van der Waals surface area contributed by atoms with Gasteiger partial charge in [0.05, 0.1) is 54.9 Å². The summed E-state index contributed by atoms with van der Waals surface area (Å²) in [7, 11) is 0. The Morgan fingerprint density at radius 3 is 2.40 bits per heavy atom. The molecule has 0 amide bonds. The van der Waals surface area contributed by atoms with Gasteiger partial charge in [0.2, 0.25) is 0 Å². The molecular formula is C40H59NO11. The second-order valence-electron chi connectivity index (χ2n) is 17.8. The fraction of sp³-hybridized carbons (Fsp3) is 0.875. The van der Waals surface area contributed by atoms with Crippen LogP contribution in [-0.2, 0) is 42.7 Å². The zero-order valence-electron chi connectivity index (χ0n) is 30.8. The van der Waals surface area contributed by atoms with Crippen LogP contribution in [0.4, 0.5) is 0 Å². The van der Waals surface area contributed by atoms with Crippen LogP contribution in [0.3, 0.4) is 0 Å². The fourth-order valence-electron chi connectivity index (χ4n) is 11.3. The minimum absolute atomic E-state index is 0.00642. The zero-order valence-corrected chi connectivity index (χ0v) is 30.8. The molecule has 10 saturated heterocycles. The number of hydrogen-bond acceptors (Lipinski definition) is 12. The number of hydrogen-bond donors (Lipinski definition) is 3. The van der Waals surface area contributed by atoms with E-state index in [1.807, 2.05) is 0 Å². The smallest absolute Gasteiger partial charge is 0.195 e. The lowest BCUT2D eigenvalue weighted by atomic mass is 9.78. The maximum Gasteiger partial charge on any atom is 0.195 e. The van der Waals surface area contributed by atoms with Crippen molar-refractivity contribution in [1.29, 1.82) is 0 Å². The number of rotatable bonds is 3. The SMILES string of the molecule is C=C1C[C@@H]2CCC34C[C@H]5O[C@@H]6[C@@H](O[C@@]7(O)CCC(CC(=O)C[C@@H]8[C@@H](C)[C@@H](C[C@H](O)CN)O[C@H]8CC8O[C@@H](CCC1O2)C[C@@H](C)C8=C)O[C@@H]7[C@@H]6O3)[C@H]5O4. The molecule has 10 rings (SSSR count). The summed E-state index contributed by atoms with van der Waals surface area (Å²) in [6.07, 6.45) is 3.18. The zero-order chi connectivity index (χ0) is 36.1. The quantitative estimate of drug-likeness (QED) is 0.365. The number of Topliss-reactive ketones (excluding diaryl/α,β-unsaturated/α-hetero) is 1. The molecule has 10 heterocycles. The number of ether oxygens (including phenoxy) is 8. The first-order valence-electron chi connectivity index (χ1n) is 20.2. The Hall–Kier alpha value is -1.29. The summed E-state index contributed by atoms with van der Waals surface area (Å²) < 4.78 is 53.3. The molecule has 4 unspecified atom stereocenters. The monoisotopic (exact) mass is 729 g/mol. The summed E-state index contributed by atoms with van der Waals surface area (Å²) in [6, 6.07) is 0. The summed E-state index contributed by atoms with van der Waals surface area (Å²) in [5.74, 6) is -2.12. The van der Waals surface area contributed by atoms with Gasteiger partial charge in [-0.15, -0.1) is 0 Å². The molecule has 0 aromatic heterocycles. The second kappa shape index (κ2) is 13.7. The summed E-state index contributed by atoms with van der Waals surface area (Å²) in [5, 5.41) is 22.4. The van der Waals surface area contributed by atoms with E-state index >= 15 is 0 Å².